The van der Waals surface area contributed by atoms with E-state index in [4.69, 9.17) is 15.9 Å². The molecule has 10 heteroatoms. The standard InChI is InChI=1S/C8H2BrClF3NO2S2/c9-5-2-1-4(3-14)6(17-8(11,12)13)7(5)18(10,15)16/h1-2H. The van der Waals surface area contributed by atoms with Gasteiger partial charge in [0.05, 0.1) is 10.5 Å². The Hall–Kier alpha value is -0.430. The van der Waals surface area contributed by atoms with Crippen LogP contribution in [-0.4, -0.2) is 13.9 Å². The van der Waals surface area contributed by atoms with Gasteiger partial charge in [-0.05, 0) is 39.8 Å². The fraction of sp³-hybridized carbons (Fsp3) is 0.125. The number of nitrogens with zero attached hydrogens (tertiary/aromatic N) is 1. The van der Waals surface area contributed by atoms with Crippen molar-refractivity contribution < 1.29 is 21.6 Å². The van der Waals surface area contributed by atoms with E-state index in [-0.39, 0.29) is 4.47 Å². The van der Waals surface area contributed by atoms with E-state index in [2.05, 4.69) is 15.9 Å². The molecule has 1 aromatic carbocycles. The third-order valence-electron chi connectivity index (χ3n) is 1.65. The molecule has 3 nitrogen and oxygen atoms in total. The Morgan fingerprint density at radius 1 is 1.39 bits per heavy atom. The molecule has 0 aliphatic carbocycles. The molecule has 0 bridgehead atoms. The first-order valence-corrected chi connectivity index (χ1v) is 7.91. The third-order valence-corrected chi connectivity index (χ3v) is 4.93. The normalized spacial score (nSPS) is 12.2. The van der Waals surface area contributed by atoms with Gasteiger partial charge in [0, 0.05) is 15.2 Å². The van der Waals surface area contributed by atoms with Crippen molar-refractivity contribution in [2.24, 2.45) is 0 Å². The van der Waals surface area contributed by atoms with Gasteiger partial charge in [-0.25, -0.2) is 8.42 Å². The van der Waals surface area contributed by atoms with Crippen molar-refractivity contribution in [2.45, 2.75) is 15.3 Å². The number of halogens is 5. The lowest BCUT2D eigenvalue weighted by molar-refractivity contribution is -0.0329. The Labute approximate surface area is 117 Å². The maximum atomic E-state index is 12.4. The molecular formula is C8H2BrClF3NO2S2. The van der Waals surface area contributed by atoms with Crippen LogP contribution in [0.5, 0.6) is 0 Å². The fourth-order valence-corrected chi connectivity index (χ4v) is 4.81. The van der Waals surface area contributed by atoms with Gasteiger partial charge in [-0.2, -0.15) is 18.4 Å². The summed E-state index contributed by atoms with van der Waals surface area (Å²) >= 11 is 2.10. The molecule has 0 aliphatic heterocycles. The van der Waals surface area contributed by atoms with Crippen LogP contribution in [0.25, 0.3) is 0 Å². The summed E-state index contributed by atoms with van der Waals surface area (Å²) in [5.41, 5.74) is -5.15. The van der Waals surface area contributed by atoms with E-state index in [1.54, 1.807) is 0 Å². The maximum Gasteiger partial charge on any atom is 0.446 e. The SMILES string of the molecule is N#Cc1ccc(Br)c(S(=O)(=O)Cl)c1SC(F)(F)F. The lowest BCUT2D eigenvalue weighted by atomic mass is 10.2. The van der Waals surface area contributed by atoms with Crippen LogP contribution in [0.3, 0.4) is 0 Å². The van der Waals surface area contributed by atoms with Crippen molar-refractivity contribution in [3.8, 4) is 6.07 Å². The van der Waals surface area contributed by atoms with E-state index in [0.29, 0.717) is 0 Å². The number of hydrogen-bond acceptors (Lipinski definition) is 4. The summed E-state index contributed by atoms with van der Waals surface area (Å²) < 4.78 is 59.5. The summed E-state index contributed by atoms with van der Waals surface area (Å²) in [6, 6.07) is 3.71. The summed E-state index contributed by atoms with van der Waals surface area (Å²) in [4.78, 5) is -1.50. The van der Waals surface area contributed by atoms with Gasteiger partial charge in [0.2, 0.25) is 0 Å². The monoisotopic (exact) mass is 379 g/mol. The second-order valence-corrected chi connectivity index (χ2v) is 7.28. The van der Waals surface area contributed by atoms with Crippen molar-refractivity contribution in [3.05, 3.63) is 22.2 Å². The molecule has 0 aliphatic rings. The molecule has 0 saturated carbocycles. The number of hydrogen-bond donors (Lipinski definition) is 0. The van der Waals surface area contributed by atoms with Crippen molar-refractivity contribution in [1.29, 1.82) is 5.26 Å². The zero-order chi connectivity index (χ0) is 14.1. The molecule has 0 unspecified atom stereocenters. The summed E-state index contributed by atoms with van der Waals surface area (Å²) in [5.74, 6) is 0. The summed E-state index contributed by atoms with van der Waals surface area (Å²) in [7, 11) is 0.663. The molecule has 0 amide bonds. The predicted molar refractivity (Wildman–Crippen MR) is 63.8 cm³/mol. The molecule has 1 rings (SSSR count). The van der Waals surface area contributed by atoms with E-state index in [1.807, 2.05) is 0 Å². The molecule has 18 heavy (non-hydrogen) atoms. The van der Waals surface area contributed by atoms with Crippen LogP contribution in [0, 0.1) is 11.3 Å². The highest BCUT2D eigenvalue weighted by Gasteiger charge is 2.35. The molecule has 0 heterocycles. The Bertz CT molecular complexity index is 624. The number of rotatable bonds is 2. The molecule has 0 aromatic heterocycles. The zero-order valence-corrected chi connectivity index (χ0v) is 12.1. The fourth-order valence-electron chi connectivity index (χ4n) is 1.07. The highest BCUT2D eigenvalue weighted by Crippen LogP contribution is 2.44. The van der Waals surface area contributed by atoms with Crippen molar-refractivity contribution in [1.82, 2.24) is 0 Å². The van der Waals surface area contributed by atoms with Gasteiger partial charge in [0.25, 0.3) is 9.05 Å². The van der Waals surface area contributed by atoms with Gasteiger partial charge in [0.15, 0.2) is 0 Å². The first-order valence-electron chi connectivity index (χ1n) is 3.99. The van der Waals surface area contributed by atoms with Crippen LogP contribution in [0.15, 0.2) is 26.4 Å². The minimum absolute atomic E-state index is 0.136. The van der Waals surface area contributed by atoms with E-state index in [1.165, 1.54) is 6.07 Å². The lowest BCUT2D eigenvalue weighted by Crippen LogP contribution is -2.05. The summed E-state index contributed by atoms with van der Waals surface area (Å²) in [6.45, 7) is 0. The minimum atomic E-state index is -4.73. The van der Waals surface area contributed by atoms with Crippen LogP contribution in [0.1, 0.15) is 5.56 Å². The van der Waals surface area contributed by atoms with Gasteiger partial charge in [0.1, 0.15) is 11.0 Å². The highest BCUT2D eigenvalue weighted by molar-refractivity contribution is 9.10. The van der Waals surface area contributed by atoms with Crippen molar-refractivity contribution >= 4 is 47.4 Å². The topological polar surface area (TPSA) is 57.9 Å². The molecule has 0 radical (unpaired) electrons. The average Bonchev–Trinajstić information content (AvgIpc) is 2.13. The minimum Gasteiger partial charge on any atom is -0.207 e. The van der Waals surface area contributed by atoms with Gasteiger partial charge >= 0.3 is 5.51 Å². The second kappa shape index (κ2) is 5.28. The number of benzene rings is 1. The second-order valence-electron chi connectivity index (χ2n) is 2.85. The largest absolute Gasteiger partial charge is 0.446 e. The molecule has 0 fully saturated rings. The Kier molecular flexibility index (Phi) is 4.59. The number of thioether (sulfide) groups is 1. The third kappa shape index (κ3) is 3.78. The Morgan fingerprint density at radius 3 is 2.33 bits per heavy atom. The number of alkyl halides is 3. The zero-order valence-electron chi connectivity index (χ0n) is 8.12. The van der Waals surface area contributed by atoms with Crippen molar-refractivity contribution in [3.63, 3.8) is 0 Å². The predicted octanol–water partition coefficient (Wildman–Crippen LogP) is 3.86. The van der Waals surface area contributed by atoms with Crippen LogP contribution in [-0.2, 0) is 9.05 Å². The van der Waals surface area contributed by atoms with E-state index in [0.717, 1.165) is 12.1 Å². The van der Waals surface area contributed by atoms with Gasteiger partial charge in [-0.1, -0.05) is 0 Å². The van der Waals surface area contributed by atoms with E-state index in [9.17, 15) is 21.6 Å². The quantitative estimate of drug-likeness (QED) is 0.577. The van der Waals surface area contributed by atoms with E-state index >= 15 is 0 Å². The highest BCUT2D eigenvalue weighted by atomic mass is 79.9. The molecule has 1 aromatic rings. The maximum absolute atomic E-state index is 12.4. The molecule has 98 valence electrons. The van der Waals surface area contributed by atoms with Gasteiger partial charge < -0.3 is 0 Å². The Morgan fingerprint density at radius 2 is 1.94 bits per heavy atom. The van der Waals surface area contributed by atoms with Crippen LogP contribution < -0.4 is 0 Å². The van der Waals surface area contributed by atoms with Crippen LogP contribution in [0.2, 0.25) is 0 Å². The van der Waals surface area contributed by atoms with E-state index < -0.39 is 41.7 Å². The molecular weight excluding hydrogens is 379 g/mol. The lowest BCUT2D eigenvalue weighted by Gasteiger charge is -2.12. The van der Waals surface area contributed by atoms with Gasteiger partial charge in [-0.15, -0.1) is 0 Å². The summed E-state index contributed by atoms with van der Waals surface area (Å²) in [6.07, 6.45) is 0. The molecule has 0 N–H and O–H groups in total. The molecule has 0 saturated heterocycles. The first-order chi connectivity index (χ1) is 8.06. The van der Waals surface area contributed by atoms with Gasteiger partial charge in [-0.3, -0.25) is 0 Å². The number of nitriles is 1. The smallest absolute Gasteiger partial charge is 0.207 e. The van der Waals surface area contributed by atoms with Crippen LogP contribution >= 0.6 is 38.4 Å². The average molecular weight is 381 g/mol. The Balaban J connectivity index is 3.64. The summed E-state index contributed by atoms with van der Waals surface area (Å²) in [5, 5.41) is 8.71. The molecule has 0 atom stereocenters. The first kappa shape index (κ1) is 15.6. The van der Waals surface area contributed by atoms with Crippen LogP contribution in [0.4, 0.5) is 13.2 Å². The van der Waals surface area contributed by atoms with Crippen molar-refractivity contribution in [2.75, 3.05) is 0 Å². The molecule has 0 spiro atoms.